The molecule has 1 saturated heterocycles. The average Bonchev–Trinajstić information content (AvgIpc) is 2.79. The molecule has 1 aliphatic rings. The van der Waals surface area contributed by atoms with Gasteiger partial charge in [-0.25, -0.2) is 4.39 Å². The van der Waals surface area contributed by atoms with E-state index in [1.54, 1.807) is 24.3 Å². The van der Waals surface area contributed by atoms with Crippen LogP contribution in [-0.4, -0.2) is 63.3 Å². The molecule has 0 aromatic heterocycles. The van der Waals surface area contributed by atoms with Crippen LogP contribution in [0, 0.1) is 5.82 Å². The van der Waals surface area contributed by atoms with Crippen molar-refractivity contribution in [1.82, 2.24) is 10.2 Å². The molecule has 166 valence electrons. The topological polar surface area (TPSA) is 103 Å². The summed E-state index contributed by atoms with van der Waals surface area (Å²) in [5.74, 6) is -0.578. The number of hydrogen-bond acceptors (Lipinski definition) is 6. The summed E-state index contributed by atoms with van der Waals surface area (Å²) in [5.41, 5.74) is 6.39. The third kappa shape index (κ3) is 6.16. The van der Waals surface area contributed by atoms with Gasteiger partial charge in [-0.2, -0.15) is 0 Å². The Balaban J connectivity index is 1.71. The van der Waals surface area contributed by atoms with Crippen molar-refractivity contribution in [2.45, 2.75) is 6.04 Å². The second-order valence-electron chi connectivity index (χ2n) is 7.05. The molecule has 0 unspecified atom stereocenters. The zero-order valence-corrected chi connectivity index (χ0v) is 17.3. The fourth-order valence-electron chi connectivity index (χ4n) is 3.40. The molecule has 31 heavy (non-hydrogen) atoms. The van der Waals surface area contributed by atoms with Crippen LogP contribution < -0.4 is 20.5 Å². The number of hydrogen-bond donors (Lipinski definition) is 2. The molecule has 0 spiro atoms. The standard InChI is InChI=1S/C22H26FN3O5/c1-29-20-12-16(4-7-19(20)31-14-21(24)27)22(28)25-13-18(26-8-10-30-11-9-26)15-2-5-17(23)6-3-15/h2-7,12,18H,8-11,13-14H2,1H3,(H2,24,27)(H,25,28)/t18-/m0/s1. The van der Waals surface area contributed by atoms with E-state index in [4.69, 9.17) is 19.9 Å². The van der Waals surface area contributed by atoms with E-state index in [-0.39, 0.29) is 24.4 Å². The van der Waals surface area contributed by atoms with E-state index < -0.39 is 5.91 Å². The quantitative estimate of drug-likeness (QED) is 0.624. The number of benzene rings is 2. The van der Waals surface area contributed by atoms with Crippen molar-refractivity contribution in [3.63, 3.8) is 0 Å². The summed E-state index contributed by atoms with van der Waals surface area (Å²) >= 11 is 0. The minimum Gasteiger partial charge on any atom is -0.493 e. The molecule has 3 N–H and O–H groups in total. The molecule has 0 aliphatic carbocycles. The van der Waals surface area contributed by atoms with Crippen LogP contribution in [0.2, 0.25) is 0 Å². The van der Waals surface area contributed by atoms with Gasteiger partial charge < -0.3 is 25.3 Å². The summed E-state index contributed by atoms with van der Waals surface area (Å²) in [7, 11) is 1.44. The van der Waals surface area contributed by atoms with Gasteiger partial charge in [0.15, 0.2) is 18.1 Å². The number of ether oxygens (including phenoxy) is 3. The van der Waals surface area contributed by atoms with Crippen LogP contribution in [-0.2, 0) is 9.53 Å². The van der Waals surface area contributed by atoms with Crippen LogP contribution in [0.5, 0.6) is 11.5 Å². The first kappa shape index (κ1) is 22.5. The third-order valence-corrected chi connectivity index (χ3v) is 4.99. The summed E-state index contributed by atoms with van der Waals surface area (Å²) in [5, 5.41) is 2.94. The van der Waals surface area contributed by atoms with Gasteiger partial charge in [-0.3, -0.25) is 14.5 Å². The predicted molar refractivity (Wildman–Crippen MR) is 112 cm³/mol. The number of morpholine rings is 1. The highest BCUT2D eigenvalue weighted by Crippen LogP contribution is 2.28. The van der Waals surface area contributed by atoms with Gasteiger partial charge in [0.1, 0.15) is 5.82 Å². The number of nitrogens with zero attached hydrogens (tertiary/aromatic N) is 1. The molecule has 0 saturated carbocycles. The fourth-order valence-corrected chi connectivity index (χ4v) is 3.40. The molecule has 1 atom stereocenters. The van der Waals surface area contributed by atoms with Gasteiger partial charge in [-0.15, -0.1) is 0 Å². The zero-order chi connectivity index (χ0) is 22.2. The zero-order valence-electron chi connectivity index (χ0n) is 17.3. The van der Waals surface area contributed by atoms with Crippen molar-refractivity contribution in [3.05, 3.63) is 59.4 Å². The number of carbonyl (C=O) groups excluding carboxylic acids is 2. The molecule has 9 heteroatoms. The maximum atomic E-state index is 13.4. The Hall–Kier alpha value is -3.17. The summed E-state index contributed by atoms with van der Waals surface area (Å²) < 4.78 is 29.4. The van der Waals surface area contributed by atoms with Crippen LogP contribution in [0.25, 0.3) is 0 Å². The Morgan fingerprint density at radius 1 is 1.16 bits per heavy atom. The predicted octanol–water partition coefficient (Wildman–Crippen LogP) is 1.50. The maximum absolute atomic E-state index is 13.4. The Bertz CT molecular complexity index is 901. The first-order valence-corrected chi connectivity index (χ1v) is 9.92. The monoisotopic (exact) mass is 431 g/mol. The molecular weight excluding hydrogens is 405 g/mol. The molecule has 1 fully saturated rings. The van der Waals surface area contributed by atoms with Gasteiger partial charge in [0.05, 0.1) is 26.4 Å². The van der Waals surface area contributed by atoms with Crippen molar-refractivity contribution in [2.24, 2.45) is 5.73 Å². The molecule has 2 aromatic rings. The third-order valence-electron chi connectivity index (χ3n) is 4.99. The molecule has 1 aliphatic heterocycles. The van der Waals surface area contributed by atoms with Gasteiger partial charge >= 0.3 is 0 Å². The minimum absolute atomic E-state index is 0.117. The SMILES string of the molecule is COc1cc(C(=O)NC[C@@H](c2ccc(F)cc2)N2CCOCC2)ccc1OCC(N)=O. The number of nitrogens with two attached hydrogens (primary N) is 1. The summed E-state index contributed by atoms with van der Waals surface area (Å²) in [6, 6.07) is 10.8. The largest absolute Gasteiger partial charge is 0.493 e. The number of halogens is 1. The number of carbonyl (C=O) groups is 2. The van der Waals surface area contributed by atoms with Gasteiger partial charge in [-0.1, -0.05) is 12.1 Å². The van der Waals surface area contributed by atoms with Crippen LogP contribution >= 0.6 is 0 Å². The highest BCUT2D eigenvalue weighted by atomic mass is 19.1. The van der Waals surface area contributed by atoms with Crippen molar-refractivity contribution >= 4 is 11.8 Å². The first-order valence-electron chi connectivity index (χ1n) is 9.92. The molecule has 2 aromatic carbocycles. The molecule has 3 rings (SSSR count). The number of rotatable bonds is 9. The maximum Gasteiger partial charge on any atom is 0.255 e. The first-order chi connectivity index (χ1) is 15.0. The van der Waals surface area contributed by atoms with E-state index in [0.29, 0.717) is 36.8 Å². The second-order valence-corrected chi connectivity index (χ2v) is 7.05. The van der Waals surface area contributed by atoms with Gasteiger partial charge in [0.25, 0.3) is 11.8 Å². The lowest BCUT2D eigenvalue weighted by molar-refractivity contribution is -0.119. The van der Waals surface area contributed by atoms with Crippen molar-refractivity contribution < 1.29 is 28.2 Å². The Morgan fingerprint density at radius 3 is 2.52 bits per heavy atom. The Labute approximate surface area is 180 Å². The van der Waals surface area contributed by atoms with Crippen LogP contribution in [0.1, 0.15) is 22.0 Å². The molecule has 0 bridgehead atoms. The van der Waals surface area contributed by atoms with E-state index in [0.717, 1.165) is 18.7 Å². The van der Waals surface area contributed by atoms with Gasteiger partial charge in [-0.05, 0) is 35.9 Å². The highest BCUT2D eigenvalue weighted by Gasteiger charge is 2.23. The van der Waals surface area contributed by atoms with Crippen molar-refractivity contribution in [2.75, 3.05) is 46.6 Å². The summed E-state index contributed by atoms with van der Waals surface area (Å²) in [6.45, 7) is 2.70. The lowest BCUT2D eigenvalue weighted by Crippen LogP contribution is -2.43. The Morgan fingerprint density at radius 2 is 1.87 bits per heavy atom. The number of amides is 2. The lowest BCUT2D eigenvalue weighted by Gasteiger charge is -2.35. The highest BCUT2D eigenvalue weighted by molar-refractivity contribution is 5.95. The molecule has 2 amide bonds. The Kier molecular flexibility index (Phi) is 7.80. The normalized spacial score (nSPS) is 15.2. The van der Waals surface area contributed by atoms with E-state index in [1.165, 1.54) is 25.3 Å². The van der Waals surface area contributed by atoms with Crippen LogP contribution in [0.4, 0.5) is 4.39 Å². The lowest BCUT2D eigenvalue weighted by atomic mass is 10.0. The number of nitrogens with one attached hydrogen (secondary N) is 1. The number of primary amides is 1. The van der Waals surface area contributed by atoms with E-state index in [9.17, 15) is 14.0 Å². The summed E-state index contributed by atoms with van der Waals surface area (Å²) in [6.07, 6.45) is 0. The smallest absolute Gasteiger partial charge is 0.255 e. The number of methoxy groups -OCH3 is 1. The van der Waals surface area contributed by atoms with E-state index in [1.807, 2.05) is 0 Å². The molecular formula is C22H26FN3O5. The van der Waals surface area contributed by atoms with E-state index in [2.05, 4.69) is 10.2 Å². The minimum atomic E-state index is -0.612. The average molecular weight is 431 g/mol. The second kappa shape index (κ2) is 10.7. The molecule has 1 heterocycles. The van der Waals surface area contributed by atoms with E-state index >= 15 is 0 Å². The van der Waals surface area contributed by atoms with Gasteiger partial charge in [0, 0.05) is 25.2 Å². The molecule has 0 radical (unpaired) electrons. The summed E-state index contributed by atoms with van der Waals surface area (Å²) in [4.78, 5) is 25.9. The fraction of sp³-hybridized carbons (Fsp3) is 0.364. The van der Waals surface area contributed by atoms with Gasteiger partial charge in [0.2, 0.25) is 0 Å². The van der Waals surface area contributed by atoms with Crippen molar-refractivity contribution in [3.8, 4) is 11.5 Å². The van der Waals surface area contributed by atoms with Crippen LogP contribution in [0.15, 0.2) is 42.5 Å². The van der Waals surface area contributed by atoms with Crippen molar-refractivity contribution in [1.29, 1.82) is 0 Å². The molecule has 8 nitrogen and oxygen atoms in total. The van der Waals surface area contributed by atoms with Crippen LogP contribution in [0.3, 0.4) is 0 Å².